The van der Waals surface area contributed by atoms with Crippen molar-refractivity contribution < 1.29 is 28.5 Å². The number of carbonyl (C=O) groups excluding carboxylic acids is 2. The van der Waals surface area contributed by atoms with Crippen molar-refractivity contribution in [3.05, 3.63) is 64.8 Å². The van der Waals surface area contributed by atoms with Crippen molar-refractivity contribution in [2.45, 2.75) is 12.8 Å². The zero-order valence-electron chi connectivity index (χ0n) is 19.1. The normalized spacial score (nSPS) is 17.6. The molecule has 0 N–H and O–H groups in total. The monoisotopic (exact) mass is 472 g/mol. The van der Waals surface area contributed by atoms with Crippen LogP contribution in [-0.2, 0) is 20.7 Å². The molecule has 2 aromatic carbocycles. The molecule has 0 saturated carbocycles. The summed E-state index contributed by atoms with van der Waals surface area (Å²) in [7, 11) is 0. The van der Waals surface area contributed by atoms with Gasteiger partial charge in [-0.3, -0.25) is 4.79 Å². The van der Waals surface area contributed by atoms with Gasteiger partial charge in [0.25, 0.3) is 5.91 Å². The molecule has 8 heteroatoms. The summed E-state index contributed by atoms with van der Waals surface area (Å²) >= 11 is 0. The molecule has 6 rings (SSSR count). The second-order valence-electron chi connectivity index (χ2n) is 8.68. The lowest BCUT2D eigenvalue weighted by Crippen LogP contribution is -2.42. The van der Waals surface area contributed by atoms with Gasteiger partial charge in [0.2, 0.25) is 6.79 Å². The Morgan fingerprint density at radius 2 is 1.86 bits per heavy atom. The van der Waals surface area contributed by atoms with E-state index in [4.69, 9.17) is 23.9 Å². The number of pyridine rings is 1. The van der Waals surface area contributed by atoms with Crippen LogP contribution in [0.25, 0.3) is 22.6 Å². The molecule has 1 aromatic heterocycles. The van der Waals surface area contributed by atoms with E-state index in [2.05, 4.69) is 6.08 Å². The minimum absolute atomic E-state index is 0.208. The van der Waals surface area contributed by atoms with Crippen LogP contribution in [0.3, 0.4) is 0 Å². The van der Waals surface area contributed by atoms with E-state index in [9.17, 15) is 9.59 Å². The third-order valence-corrected chi connectivity index (χ3v) is 6.57. The van der Waals surface area contributed by atoms with Crippen LogP contribution in [0.1, 0.15) is 33.6 Å². The number of nitrogens with zero attached hydrogens (tertiary/aromatic N) is 2. The van der Waals surface area contributed by atoms with Crippen LogP contribution < -0.4 is 9.47 Å². The topological polar surface area (TPSA) is 87.2 Å². The molecule has 8 nitrogen and oxygen atoms in total. The van der Waals surface area contributed by atoms with E-state index in [-0.39, 0.29) is 19.3 Å². The summed E-state index contributed by atoms with van der Waals surface area (Å²) < 4.78 is 21.7. The molecule has 0 radical (unpaired) electrons. The second-order valence-corrected chi connectivity index (χ2v) is 8.68. The number of carbonyl (C=O) groups is 2. The molecule has 0 unspecified atom stereocenters. The highest BCUT2D eigenvalue weighted by Crippen LogP contribution is 2.39. The SMILES string of the molecule is O=C(OCC(=O)N1CCOCC1)c1c2c(nc3ccccc13)/C(=C\c1ccc3c(c1)OCO3)CC2. The van der Waals surface area contributed by atoms with Crippen molar-refractivity contribution in [1.29, 1.82) is 0 Å². The average Bonchev–Trinajstić information content (AvgIpc) is 3.53. The van der Waals surface area contributed by atoms with E-state index in [0.717, 1.165) is 51.2 Å². The maximum absolute atomic E-state index is 13.3. The number of para-hydroxylation sites is 1. The number of ether oxygens (including phenoxy) is 4. The Morgan fingerprint density at radius 3 is 2.74 bits per heavy atom. The predicted molar refractivity (Wildman–Crippen MR) is 128 cm³/mol. The first kappa shape index (κ1) is 21.6. The number of esters is 1. The number of amides is 1. The van der Waals surface area contributed by atoms with Gasteiger partial charge in [0.1, 0.15) is 0 Å². The Bertz CT molecular complexity index is 1360. The van der Waals surface area contributed by atoms with Gasteiger partial charge in [0.15, 0.2) is 18.1 Å². The van der Waals surface area contributed by atoms with E-state index in [0.29, 0.717) is 38.3 Å². The number of hydrogen-bond acceptors (Lipinski definition) is 7. The highest BCUT2D eigenvalue weighted by Gasteiger charge is 2.28. The molecule has 1 amide bonds. The van der Waals surface area contributed by atoms with Crippen LogP contribution in [0.4, 0.5) is 0 Å². The van der Waals surface area contributed by atoms with Crippen molar-refractivity contribution in [1.82, 2.24) is 9.88 Å². The fraction of sp³-hybridized carbons (Fsp3) is 0.296. The van der Waals surface area contributed by atoms with Gasteiger partial charge >= 0.3 is 5.97 Å². The van der Waals surface area contributed by atoms with Gasteiger partial charge in [-0.25, -0.2) is 9.78 Å². The molecule has 35 heavy (non-hydrogen) atoms. The lowest BCUT2D eigenvalue weighted by atomic mass is 10.0. The molecule has 2 aliphatic heterocycles. The maximum atomic E-state index is 13.3. The molecule has 3 aromatic rings. The fourth-order valence-corrected chi connectivity index (χ4v) is 4.82. The molecule has 178 valence electrons. The highest BCUT2D eigenvalue weighted by atomic mass is 16.7. The average molecular weight is 472 g/mol. The molecule has 3 heterocycles. The lowest BCUT2D eigenvalue weighted by Gasteiger charge is -2.26. The lowest BCUT2D eigenvalue weighted by molar-refractivity contribution is -0.138. The molecule has 1 saturated heterocycles. The molecule has 0 atom stereocenters. The summed E-state index contributed by atoms with van der Waals surface area (Å²) in [6.45, 7) is 1.96. The minimum Gasteiger partial charge on any atom is -0.454 e. The minimum atomic E-state index is -0.495. The zero-order chi connectivity index (χ0) is 23.8. The standard InChI is InChI=1S/C27H24N2O6/c30-24(29-9-11-32-12-10-29)15-33-27(31)25-19-3-1-2-4-21(19)28-26-18(6-7-20(25)26)13-17-5-8-22-23(14-17)35-16-34-22/h1-5,8,13-14H,6-7,9-12,15-16H2/b18-13-. The van der Waals surface area contributed by atoms with Crippen molar-refractivity contribution >= 4 is 34.4 Å². The summed E-state index contributed by atoms with van der Waals surface area (Å²) in [4.78, 5) is 32.4. The Balaban J connectivity index is 1.32. The fourth-order valence-electron chi connectivity index (χ4n) is 4.82. The maximum Gasteiger partial charge on any atom is 0.339 e. The summed E-state index contributed by atoms with van der Waals surface area (Å²) in [5.41, 5.74) is 4.90. The Labute approximate surface area is 202 Å². The van der Waals surface area contributed by atoms with Crippen LogP contribution in [0, 0.1) is 0 Å². The van der Waals surface area contributed by atoms with E-state index >= 15 is 0 Å². The second kappa shape index (κ2) is 9.03. The Morgan fingerprint density at radius 1 is 1.03 bits per heavy atom. The number of benzene rings is 2. The highest BCUT2D eigenvalue weighted by molar-refractivity contribution is 6.07. The number of fused-ring (bicyclic) bond motifs is 3. The third kappa shape index (κ3) is 4.10. The van der Waals surface area contributed by atoms with Gasteiger partial charge in [0, 0.05) is 18.5 Å². The van der Waals surface area contributed by atoms with E-state index in [1.807, 2.05) is 42.5 Å². The Kier molecular flexibility index (Phi) is 5.58. The molecule has 0 spiro atoms. The molecular formula is C27H24N2O6. The summed E-state index contributed by atoms with van der Waals surface area (Å²) in [6, 6.07) is 13.4. The van der Waals surface area contributed by atoms with Gasteiger partial charge in [-0.2, -0.15) is 0 Å². The molecule has 3 aliphatic rings. The molecule has 1 aliphatic carbocycles. The molecular weight excluding hydrogens is 448 g/mol. The summed E-state index contributed by atoms with van der Waals surface area (Å²) in [6.07, 6.45) is 3.50. The van der Waals surface area contributed by atoms with Crippen molar-refractivity contribution in [2.24, 2.45) is 0 Å². The van der Waals surface area contributed by atoms with Gasteiger partial charge in [-0.05, 0) is 53.8 Å². The van der Waals surface area contributed by atoms with Crippen LogP contribution in [0.2, 0.25) is 0 Å². The van der Waals surface area contributed by atoms with Crippen LogP contribution in [-0.4, -0.2) is 61.5 Å². The van der Waals surface area contributed by atoms with Gasteiger partial charge in [0.05, 0.1) is 30.0 Å². The summed E-state index contributed by atoms with van der Waals surface area (Å²) in [5.74, 6) is 0.754. The largest absolute Gasteiger partial charge is 0.454 e. The number of rotatable bonds is 4. The van der Waals surface area contributed by atoms with Crippen LogP contribution in [0.15, 0.2) is 42.5 Å². The van der Waals surface area contributed by atoms with E-state index in [1.54, 1.807) is 4.90 Å². The number of hydrogen-bond donors (Lipinski definition) is 0. The van der Waals surface area contributed by atoms with Crippen molar-refractivity contribution in [2.75, 3.05) is 39.7 Å². The van der Waals surface area contributed by atoms with E-state index < -0.39 is 5.97 Å². The van der Waals surface area contributed by atoms with Gasteiger partial charge < -0.3 is 23.8 Å². The Hall–Kier alpha value is -3.91. The number of aromatic nitrogens is 1. The van der Waals surface area contributed by atoms with E-state index in [1.165, 1.54) is 0 Å². The molecule has 1 fully saturated rings. The van der Waals surface area contributed by atoms with Crippen LogP contribution >= 0.6 is 0 Å². The molecule has 0 bridgehead atoms. The number of morpholine rings is 1. The van der Waals surface area contributed by atoms with Gasteiger partial charge in [-0.15, -0.1) is 0 Å². The smallest absolute Gasteiger partial charge is 0.339 e. The first-order valence-electron chi connectivity index (χ1n) is 11.7. The third-order valence-electron chi connectivity index (χ3n) is 6.57. The van der Waals surface area contributed by atoms with Crippen LogP contribution in [0.5, 0.6) is 11.5 Å². The number of allylic oxidation sites excluding steroid dienone is 1. The quantitative estimate of drug-likeness (QED) is 0.538. The van der Waals surface area contributed by atoms with Crippen molar-refractivity contribution in [3.63, 3.8) is 0 Å². The van der Waals surface area contributed by atoms with Gasteiger partial charge in [-0.1, -0.05) is 24.3 Å². The first-order valence-corrected chi connectivity index (χ1v) is 11.7. The van der Waals surface area contributed by atoms with Crippen molar-refractivity contribution in [3.8, 4) is 11.5 Å². The first-order chi connectivity index (χ1) is 17.2. The predicted octanol–water partition coefficient (Wildman–Crippen LogP) is 3.47. The zero-order valence-corrected chi connectivity index (χ0v) is 19.1. The summed E-state index contributed by atoms with van der Waals surface area (Å²) in [5, 5.41) is 0.736.